The van der Waals surface area contributed by atoms with Gasteiger partial charge in [-0.2, -0.15) is 0 Å². The van der Waals surface area contributed by atoms with E-state index < -0.39 is 0 Å². The van der Waals surface area contributed by atoms with Gasteiger partial charge in [-0.15, -0.1) is 0 Å². The van der Waals surface area contributed by atoms with Crippen molar-refractivity contribution in [3.63, 3.8) is 0 Å². The molecule has 3 N–H and O–H groups in total. The summed E-state index contributed by atoms with van der Waals surface area (Å²) in [6.07, 6.45) is 8.77. The number of hydrogen-bond acceptors (Lipinski definition) is 4. The molecule has 0 aliphatic heterocycles. The smallest absolute Gasteiger partial charge is 0.302 e. The molecule has 0 aromatic heterocycles. The van der Waals surface area contributed by atoms with Crippen LogP contribution in [0.15, 0.2) is 22.8 Å². The molecule has 0 unspecified atom stereocenters. The second kappa shape index (κ2) is 5.68. The maximum absolute atomic E-state index is 11.5. The Bertz CT molecular complexity index is 666. The lowest BCUT2D eigenvalue weighted by Gasteiger charge is -2.53. The van der Waals surface area contributed by atoms with Crippen LogP contribution in [0.1, 0.15) is 65.7 Å². The lowest BCUT2D eigenvalue weighted by molar-refractivity contribution is -0.147. The van der Waals surface area contributed by atoms with E-state index in [2.05, 4.69) is 19.9 Å². The van der Waals surface area contributed by atoms with E-state index in [9.17, 15) is 9.90 Å². The number of rotatable bonds is 1. The summed E-state index contributed by atoms with van der Waals surface area (Å²) in [6.45, 7) is 6.15. The Labute approximate surface area is 150 Å². The average Bonchev–Trinajstić information content (AvgIpc) is 2.79. The van der Waals surface area contributed by atoms with E-state index in [4.69, 9.17) is 10.5 Å². The Morgan fingerprint density at radius 2 is 1.96 bits per heavy atom. The molecule has 2 fully saturated rings. The SMILES string of the molecule is CC(=O)O[C@@H]1CC2=C3CCC4=C[C@@H](O)CC[C@]4(C)[C@H]3CC[C@]2(C)[C@H]1N. The van der Waals surface area contributed by atoms with Gasteiger partial charge in [0.05, 0.1) is 12.1 Å². The topological polar surface area (TPSA) is 72.5 Å². The predicted octanol–water partition coefficient (Wildman–Crippen LogP) is 3.24. The lowest BCUT2D eigenvalue weighted by Crippen LogP contribution is -2.47. The molecule has 0 aromatic carbocycles. The number of hydrogen-bond donors (Lipinski definition) is 2. The van der Waals surface area contributed by atoms with Gasteiger partial charge in [0, 0.05) is 18.8 Å². The van der Waals surface area contributed by atoms with Gasteiger partial charge >= 0.3 is 5.97 Å². The van der Waals surface area contributed by atoms with Crippen molar-refractivity contribution in [3.05, 3.63) is 22.8 Å². The first kappa shape index (κ1) is 17.3. The number of nitrogens with two attached hydrogens (primary N) is 1. The summed E-state index contributed by atoms with van der Waals surface area (Å²) in [5.41, 5.74) is 11.3. The van der Waals surface area contributed by atoms with Crippen molar-refractivity contribution in [2.75, 3.05) is 0 Å². The minimum Gasteiger partial charge on any atom is -0.461 e. The van der Waals surface area contributed by atoms with Crippen LogP contribution in [0.4, 0.5) is 0 Å². The third-order valence-corrected chi connectivity index (χ3v) is 7.83. The Morgan fingerprint density at radius 1 is 1.24 bits per heavy atom. The average molecular weight is 345 g/mol. The molecule has 0 radical (unpaired) electrons. The molecule has 4 heteroatoms. The van der Waals surface area contributed by atoms with Gasteiger partial charge in [0.25, 0.3) is 0 Å². The van der Waals surface area contributed by atoms with Gasteiger partial charge < -0.3 is 15.6 Å². The van der Waals surface area contributed by atoms with Crippen LogP contribution in [0.3, 0.4) is 0 Å². The molecule has 4 nitrogen and oxygen atoms in total. The highest BCUT2D eigenvalue weighted by molar-refractivity contribution is 5.66. The third kappa shape index (κ3) is 2.44. The van der Waals surface area contributed by atoms with Crippen molar-refractivity contribution < 1.29 is 14.6 Å². The molecule has 0 bridgehead atoms. The van der Waals surface area contributed by atoms with E-state index >= 15 is 0 Å². The number of allylic oxidation sites excluding steroid dienone is 2. The molecular weight excluding hydrogens is 314 g/mol. The highest BCUT2D eigenvalue weighted by Gasteiger charge is 2.55. The van der Waals surface area contributed by atoms with Gasteiger partial charge in [-0.05, 0) is 49.9 Å². The van der Waals surface area contributed by atoms with E-state index in [0.29, 0.717) is 5.92 Å². The first-order chi connectivity index (χ1) is 11.8. The largest absolute Gasteiger partial charge is 0.461 e. The van der Waals surface area contributed by atoms with Crippen LogP contribution in [0, 0.1) is 16.7 Å². The number of carbonyl (C=O) groups excluding carboxylic acids is 1. The standard InChI is InChI=1S/C21H31NO3/c1-12(23)25-18-11-17-15-5-4-13-10-14(24)6-8-20(13,2)16(15)7-9-21(17,3)19(18)22/h10,14,16,18-19,24H,4-9,11,22H2,1-3H3/t14-,16-,18+,19-,20-,21-/m0/s1. The van der Waals surface area contributed by atoms with E-state index in [1.165, 1.54) is 18.1 Å². The molecule has 4 aliphatic carbocycles. The molecular formula is C21H31NO3. The van der Waals surface area contributed by atoms with Crippen molar-refractivity contribution in [3.8, 4) is 0 Å². The van der Waals surface area contributed by atoms with Gasteiger partial charge in [0.15, 0.2) is 0 Å². The predicted molar refractivity (Wildman–Crippen MR) is 96.7 cm³/mol. The monoisotopic (exact) mass is 345 g/mol. The first-order valence-electron chi connectivity index (χ1n) is 9.80. The van der Waals surface area contributed by atoms with Crippen LogP contribution in [0.2, 0.25) is 0 Å². The molecule has 4 aliphatic rings. The number of esters is 1. The molecule has 2 saturated carbocycles. The second-order valence-electron chi connectivity index (χ2n) is 9.11. The molecule has 25 heavy (non-hydrogen) atoms. The quantitative estimate of drug-likeness (QED) is 0.565. The number of fused-ring (bicyclic) bond motifs is 4. The summed E-state index contributed by atoms with van der Waals surface area (Å²) in [7, 11) is 0. The zero-order valence-electron chi connectivity index (χ0n) is 15.7. The fourth-order valence-electron chi connectivity index (χ4n) is 6.32. The van der Waals surface area contributed by atoms with Crippen LogP contribution in [0.25, 0.3) is 0 Å². The minimum atomic E-state index is -0.264. The van der Waals surface area contributed by atoms with Crippen LogP contribution < -0.4 is 5.73 Å². The number of aliphatic hydroxyl groups is 1. The Balaban J connectivity index is 1.73. The van der Waals surface area contributed by atoms with Gasteiger partial charge in [0.2, 0.25) is 0 Å². The molecule has 138 valence electrons. The third-order valence-electron chi connectivity index (χ3n) is 7.83. The van der Waals surface area contributed by atoms with Gasteiger partial charge in [-0.3, -0.25) is 4.79 Å². The van der Waals surface area contributed by atoms with E-state index in [1.54, 1.807) is 5.57 Å². The summed E-state index contributed by atoms with van der Waals surface area (Å²) in [5.74, 6) is 0.332. The molecule has 4 rings (SSSR count). The van der Waals surface area contributed by atoms with Crippen LogP contribution in [0.5, 0.6) is 0 Å². The Hall–Kier alpha value is -1.13. The van der Waals surface area contributed by atoms with Crippen molar-refractivity contribution in [1.82, 2.24) is 0 Å². The minimum absolute atomic E-state index is 0.0301. The molecule has 0 spiro atoms. The Kier molecular flexibility index (Phi) is 3.93. The van der Waals surface area contributed by atoms with Crippen LogP contribution in [-0.2, 0) is 9.53 Å². The zero-order chi connectivity index (χ0) is 18.0. The first-order valence-corrected chi connectivity index (χ1v) is 9.80. The van der Waals surface area contributed by atoms with E-state index in [1.807, 2.05) is 0 Å². The molecule has 6 atom stereocenters. The zero-order valence-corrected chi connectivity index (χ0v) is 15.7. The van der Waals surface area contributed by atoms with Gasteiger partial charge in [-0.25, -0.2) is 0 Å². The van der Waals surface area contributed by atoms with E-state index in [0.717, 1.165) is 44.9 Å². The van der Waals surface area contributed by atoms with Crippen molar-refractivity contribution in [1.29, 1.82) is 0 Å². The second-order valence-corrected chi connectivity index (χ2v) is 9.11. The Morgan fingerprint density at radius 3 is 2.68 bits per heavy atom. The fraction of sp³-hybridized carbons (Fsp3) is 0.762. The maximum atomic E-state index is 11.5. The summed E-state index contributed by atoms with van der Waals surface area (Å²) in [5, 5.41) is 10.0. The van der Waals surface area contributed by atoms with Crippen LogP contribution in [-0.4, -0.2) is 29.3 Å². The van der Waals surface area contributed by atoms with Crippen LogP contribution >= 0.6 is 0 Å². The summed E-state index contributed by atoms with van der Waals surface area (Å²) >= 11 is 0. The maximum Gasteiger partial charge on any atom is 0.302 e. The highest BCUT2D eigenvalue weighted by Crippen LogP contribution is 2.62. The van der Waals surface area contributed by atoms with Gasteiger partial charge in [-0.1, -0.05) is 36.6 Å². The normalized spacial score (nSPS) is 46.0. The molecule has 0 saturated heterocycles. The van der Waals surface area contributed by atoms with Crippen molar-refractivity contribution in [2.24, 2.45) is 22.5 Å². The summed E-state index contributed by atoms with van der Waals surface area (Å²) in [6, 6.07) is -0.0993. The number of ether oxygens (including phenoxy) is 1. The highest BCUT2D eigenvalue weighted by atomic mass is 16.5. The molecule has 0 heterocycles. The lowest BCUT2D eigenvalue weighted by atomic mass is 9.52. The molecule has 0 aromatic rings. The van der Waals surface area contributed by atoms with E-state index in [-0.39, 0.29) is 35.0 Å². The van der Waals surface area contributed by atoms with Crippen molar-refractivity contribution in [2.45, 2.75) is 84.0 Å². The number of aliphatic hydroxyl groups excluding tert-OH is 1. The summed E-state index contributed by atoms with van der Waals surface area (Å²) in [4.78, 5) is 11.5. The van der Waals surface area contributed by atoms with Crippen molar-refractivity contribution >= 4 is 5.97 Å². The van der Waals surface area contributed by atoms with Gasteiger partial charge in [0.1, 0.15) is 6.10 Å². The summed E-state index contributed by atoms with van der Waals surface area (Å²) < 4.78 is 5.56. The number of carbonyl (C=O) groups is 1. The molecule has 0 amide bonds. The fourth-order valence-corrected chi connectivity index (χ4v) is 6.32.